The third kappa shape index (κ3) is 3.94. The number of benzene rings is 1. The topological polar surface area (TPSA) is 43.8 Å². The van der Waals surface area contributed by atoms with Crippen LogP contribution in [0.1, 0.15) is 49.4 Å². The molecule has 0 bridgehead atoms. The van der Waals surface area contributed by atoms with Gasteiger partial charge in [0.05, 0.1) is 11.7 Å². The summed E-state index contributed by atoms with van der Waals surface area (Å²) in [6, 6.07) is 13.3. The maximum atomic E-state index is 6.28. The highest BCUT2D eigenvalue weighted by atomic mass is 15.3. The van der Waals surface area contributed by atoms with E-state index in [0.29, 0.717) is 6.04 Å². The normalized spacial score (nSPS) is 17.8. The van der Waals surface area contributed by atoms with Crippen molar-refractivity contribution in [3.05, 3.63) is 53.9 Å². The minimum absolute atomic E-state index is 0.141. The number of nitrogens with two attached hydrogens (primary N) is 1. The lowest BCUT2D eigenvalue weighted by Crippen LogP contribution is -2.26. The number of hydrogen-bond acceptors (Lipinski definition) is 2. The minimum atomic E-state index is 0.141. The quantitative estimate of drug-likeness (QED) is 0.912. The lowest BCUT2D eigenvalue weighted by atomic mass is 9.96. The fourth-order valence-corrected chi connectivity index (χ4v) is 3.29. The van der Waals surface area contributed by atoms with Crippen LogP contribution in [0.5, 0.6) is 0 Å². The molecule has 1 fully saturated rings. The van der Waals surface area contributed by atoms with E-state index < -0.39 is 0 Å². The zero-order valence-corrected chi connectivity index (χ0v) is 12.6. The van der Waals surface area contributed by atoms with Crippen molar-refractivity contribution in [3.63, 3.8) is 0 Å². The smallest absolute Gasteiger partial charge is 0.0640 e. The first-order valence-electron chi connectivity index (χ1n) is 8.15. The largest absolute Gasteiger partial charge is 0.327 e. The van der Waals surface area contributed by atoms with E-state index in [9.17, 15) is 0 Å². The molecule has 1 aliphatic rings. The van der Waals surface area contributed by atoms with Crippen LogP contribution < -0.4 is 5.73 Å². The highest BCUT2D eigenvalue weighted by molar-refractivity contribution is 5.16. The summed E-state index contributed by atoms with van der Waals surface area (Å²) in [7, 11) is 0. The standard InChI is InChI=1S/C18H25N3/c19-16(13-15-7-3-1-4-8-15)14-17-11-12-21(20-17)18-9-5-2-6-10-18/h1,3-4,7-8,11-12,16,18H,2,5-6,9-10,13-14,19H2. The van der Waals surface area contributed by atoms with Crippen LogP contribution in [0.25, 0.3) is 0 Å². The van der Waals surface area contributed by atoms with Crippen LogP contribution in [0.4, 0.5) is 0 Å². The molecule has 3 heteroatoms. The van der Waals surface area contributed by atoms with Gasteiger partial charge in [0.2, 0.25) is 0 Å². The van der Waals surface area contributed by atoms with Gasteiger partial charge in [-0.3, -0.25) is 4.68 Å². The molecule has 0 spiro atoms. The molecule has 1 aromatic heterocycles. The predicted molar refractivity (Wildman–Crippen MR) is 86.2 cm³/mol. The second-order valence-corrected chi connectivity index (χ2v) is 6.23. The van der Waals surface area contributed by atoms with Gasteiger partial charge >= 0.3 is 0 Å². The second kappa shape index (κ2) is 6.90. The Bertz CT molecular complexity index is 541. The van der Waals surface area contributed by atoms with E-state index in [1.165, 1.54) is 37.7 Å². The summed E-state index contributed by atoms with van der Waals surface area (Å²) in [5.74, 6) is 0. The van der Waals surface area contributed by atoms with E-state index in [1.807, 2.05) is 6.07 Å². The highest BCUT2D eigenvalue weighted by Crippen LogP contribution is 2.27. The van der Waals surface area contributed by atoms with Crippen LogP contribution in [0.15, 0.2) is 42.6 Å². The Kier molecular flexibility index (Phi) is 4.71. The van der Waals surface area contributed by atoms with E-state index in [1.54, 1.807) is 0 Å². The first kappa shape index (κ1) is 14.3. The molecule has 0 amide bonds. The Morgan fingerprint density at radius 1 is 1.05 bits per heavy atom. The molecule has 2 aromatic rings. The van der Waals surface area contributed by atoms with Gasteiger partial charge in [-0.25, -0.2) is 0 Å². The van der Waals surface area contributed by atoms with Crippen molar-refractivity contribution in [3.8, 4) is 0 Å². The minimum Gasteiger partial charge on any atom is -0.327 e. The molecule has 2 N–H and O–H groups in total. The fourth-order valence-electron chi connectivity index (χ4n) is 3.29. The first-order chi connectivity index (χ1) is 10.3. The van der Waals surface area contributed by atoms with Crippen molar-refractivity contribution in [2.75, 3.05) is 0 Å². The van der Waals surface area contributed by atoms with Crippen LogP contribution in [-0.2, 0) is 12.8 Å². The summed E-state index contributed by atoms with van der Waals surface area (Å²) in [5.41, 5.74) is 8.71. The average molecular weight is 283 g/mol. The van der Waals surface area contributed by atoms with Crippen molar-refractivity contribution in [1.29, 1.82) is 0 Å². The van der Waals surface area contributed by atoms with E-state index in [2.05, 4.69) is 41.2 Å². The SMILES string of the molecule is NC(Cc1ccccc1)Cc1ccn(C2CCCCC2)n1. The molecule has 0 radical (unpaired) electrons. The average Bonchev–Trinajstić information content (AvgIpc) is 2.97. The third-order valence-electron chi connectivity index (χ3n) is 4.42. The van der Waals surface area contributed by atoms with Crippen LogP contribution in [0, 0.1) is 0 Å². The zero-order chi connectivity index (χ0) is 14.5. The lowest BCUT2D eigenvalue weighted by molar-refractivity contribution is 0.328. The molecule has 3 rings (SSSR count). The molecular weight excluding hydrogens is 258 g/mol. The summed E-state index contributed by atoms with van der Waals surface area (Å²) in [6.07, 6.45) is 10.5. The number of nitrogens with zero attached hydrogens (tertiary/aromatic N) is 2. The fraction of sp³-hybridized carbons (Fsp3) is 0.500. The van der Waals surface area contributed by atoms with Crippen molar-refractivity contribution in [1.82, 2.24) is 9.78 Å². The molecule has 1 atom stereocenters. The highest BCUT2D eigenvalue weighted by Gasteiger charge is 2.16. The third-order valence-corrected chi connectivity index (χ3v) is 4.42. The van der Waals surface area contributed by atoms with Crippen molar-refractivity contribution >= 4 is 0 Å². The molecule has 0 aliphatic heterocycles. The summed E-state index contributed by atoms with van der Waals surface area (Å²) in [6.45, 7) is 0. The Hall–Kier alpha value is -1.61. The van der Waals surface area contributed by atoms with Gasteiger partial charge in [-0.15, -0.1) is 0 Å². The maximum Gasteiger partial charge on any atom is 0.0640 e. The van der Waals surface area contributed by atoms with Gasteiger partial charge in [0.25, 0.3) is 0 Å². The Labute approximate surface area is 127 Å². The van der Waals surface area contributed by atoms with Crippen LogP contribution in [-0.4, -0.2) is 15.8 Å². The molecular formula is C18H25N3. The Morgan fingerprint density at radius 2 is 1.81 bits per heavy atom. The molecule has 1 saturated carbocycles. The number of hydrogen-bond donors (Lipinski definition) is 1. The molecule has 112 valence electrons. The van der Waals surface area contributed by atoms with Gasteiger partial charge in [0.15, 0.2) is 0 Å². The van der Waals surface area contributed by atoms with Crippen LogP contribution in [0.3, 0.4) is 0 Å². The molecule has 3 nitrogen and oxygen atoms in total. The summed E-state index contributed by atoms with van der Waals surface area (Å²) < 4.78 is 2.17. The number of rotatable bonds is 5. The van der Waals surface area contributed by atoms with Crippen LogP contribution in [0.2, 0.25) is 0 Å². The monoisotopic (exact) mass is 283 g/mol. The van der Waals surface area contributed by atoms with Crippen molar-refractivity contribution < 1.29 is 0 Å². The van der Waals surface area contributed by atoms with Crippen molar-refractivity contribution in [2.45, 2.75) is 57.0 Å². The molecule has 21 heavy (non-hydrogen) atoms. The predicted octanol–water partition coefficient (Wildman–Crippen LogP) is 3.50. The van der Waals surface area contributed by atoms with E-state index in [0.717, 1.165) is 18.5 Å². The van der Waals surface area contributed by atoms with Gasteiger partial charge in [0.1, 0.15) is 0 Å². The van der Waals surface area contributed by atoms with E-state index >= 15 is 0 Å². The maximum absolute atomic E-state index is 6.28. The van der Waals surface area contributed by atoms with Crippen molar-refractivity contribution in [2.24, 2.45) is 5.73 Å². The van der Waals surface area contributed by atoms with Gasteiger partial charge in [0, 0.05) is 18.7 Å². The molecule has 1 unspecified atom stereocenters. The van der Waals surface area contributed by atoms with Gasteiger partial charge in [-0.05, 0) is 30.9 Å². The lowest BCUT2D eigenvalue weighted by Gasteiger charge is -2.21. The zero-order valence-electron chi connectivity index (χ0n) is 12.6. The van der Waals surface area contributed by atoms with Gasteiger partial charge < -0.3 is 5.73 Å². The Morgan fingerprint density at radius 3 is 2.57 bits per heavy atom. The molecule has 0 saturated heterocycles. The number of aromatic nitrogens is 2. The molecule has 1 aromatic carbocycles. The molecule has 1 heterocycles. The van der Waals surface area contributed by atoms with Crippen LogP contribution >= 0.6 is 0 Å². The summed E-state index contributed by atoms with van der Waals surface area (Å²) >= 11 is 0. The van der Waals surface area contributed by atoms with Gasteiger partial charge in [-0.1, -0.05) is 49.6 Å². The second-order valence-electron chi connectivity index (χ2n) is 6.23. The summed E-state index contributed by atoms with van der Waals surface area (Å²) in [4.78, 5) is 0. The molecule has 1 aliphatic carbocycles. The first-order valence-corrected chi connectivity index (χ1v) is 8.15. The van der Waals surface area contributed by atoms with E-state index in [-0.39, 0.29) is 6.04 Å². The summed E-state index contributed by atoms with van der Waals surface area (Å²) in [5, 5.41) is 4.75. The Balaban J connectivity index is 1.56. The van der Waals surface area contributed by atoms with Gasteiger partial charge in [-0.2, -0.15) is 5.10 Å². The van der Waals surface area contributed by atoms with E-state index in [4.69, 9.17) is 10.8 Å².